The van der Waals surface area contributed by atoms with Crippen LogP contribution < -0.4 is 5.73 Å². The first-order valence-corrected chi connectivity index (χ1v) is 5.16. The molecule has 0 spiro atoms. The minimum Gasteiger partial charge on any atom is -0.478 e. The van der Waals surface area contributed by atoms with Crippen LogP contribution in [0.2, 0.25) is 10.0 Å². The van der Waals surface area contributed by atoms with Crippen LogP contribution in [0.15, 0.2) is 24.3 Å². The average Bonchev–Trinajstić information content (AvgIpc) is 2.20. The third kappa shape index (κ3) is 1.79. The van der Waals surface area contributed by atoms with Gasteiger partial charge in [0.05, 0.1) is 16.3 Å². The summed E-state index contributed by atoms with van der Waals surface area (Å²) in [6, 6.07) is 6.13. The molecular weight excluding hydrogens is 249 g/mol. The Kier molecular flexibility index (Phi) is 2.66. The number of nitrogens with two attached hydrogens (primary N) is 1. The SMILES string of the molecule is Nc1cc2c(Cl)cc(C(=O)O)cc2cc1Cl. The molecule has 16 heavy (non-hydrogen) atoms. The standard InChI is InChI=1S/C11H7Cl2NO2/c12-8-3-6(11(15)16)1-5-2-9(13)10(14)4-7(5)8/h1-4H,14H2,(H,15,16). The number of halogens is 2. The lowest BCUT2D eigenvalue weighted by molar-refractivity contribution is 0.0697. The van der Waals surface area contributed by atoms with E-state index in [0.717, 1.165) is 0 Å². The first-order chi connectivity index (χ1) is 7.49. The number of carbonyl (C=O) groups is 1. The zero-order valence-electron chi connectivity index (χ0n) is 8.00. The molecule has 0 amide bonds. The van der Waals surface area contributed by atoms with Gasteiger partial charge in [-0.1, -0.05) is 23.2 Å². The van der Waals surface area contributed by atoms with Gasteiger partial charge in [-0.3, -0.25) is 0 Å². The van der Waals surface area contributed by atoms with Crippen LogP contribution >= 0.6 is 23.2 Å². The molecule has 0 aliphatic heterocycles. The molecule has 5 heteroatoms. The van der Waals surface area contributed by atoms with E-state index in [1.807, 2.05) is 0 Å². The fourth-order valence-electron chi connectivity index (χ4n) is 1.48. The molecule has 0 aliphatic carbocycles. The van der Waals surface area contributed by atoms with Crippen LogP contribution in [0.25, 0.3) is 10.8 Å². The number of nitrogen functional groups attached to an aromatic ring is 1. The molecule has 3 nitrogen and oxygen atoms in total. The Bertz CT molecular complexity index is 596. The minimum absolute atomic E-state index is 0.123. The Balaban J connectivity index is 2.82. The van der Waals surface area contributed by atoms with Crippen LogP contribution in [0.4, 0.5) is 5.69 Å². The van der Waals surface area contributed by atoms with Crippen molar-refractivity contribution in [3.8, 4) is 0 Å². The van der Waals surface area contributed by atoms with E-state index in [4.69, 9.17) is 34.0 Å². The zero-order valence-corrected chi connectivity index (χ0v) is 9.51. The Labute approximate surface area is 101 Å². The normalized spacial score (nSPS) is 10.6. The third-order valence-electron chi connectivity index (χ3n) is 2.27. The molecule has 82 valence electrons. The number of hydrogen-bond donors (Lipinski definition) is 2. The third-order valence-corrected chi connectivity index (χ3v) is 2.91. The number of rotatable bonds is 1. The number of benzene rings is 2. The first-order valence-electron chi connectivity index (χ1n) is 4.40. The maximum absolute atomic E-state index is 10.8. The first kappa shape index (κ1) is 11.0. The quantitative estimate of drug-likeness (QED) is 0.768. The van der Waals surface area contributed by atoms with E-state index in [9.17, 15) is 4.79 Å². The van der Waals surface area contributed by atoms with Gasteiger partial charge in [-0.15, -0.1) is 0 Å². The van der Waals surface area contributed by atoms with Crippen molar-refractivity contribution in [2.45, 2.75) is 0 Å². The monoisotopic (exact) mass is 255 g/mol. The lowest BCUT2D eigenvalue weighted by Crippen LogP contribution is -1.96. The second kappa shape index (κ2) is 3.85. The number of fused-ring (bicyclic) bond motifs is 1. The van der Waals surface area contributed by atoms with Crippen LogP contribution in [0, 0.1) is 0 Å². The second-order valence-corrected chi connectivity index (χ2v) is 4.17. The van der Waals surface area contributed by atoms with Gasteiger partial charge in [0.1, 0.15) is 0 Å². The molecule has 0 heterocycles. The number of carboxylic acid groups (broad SMARTS) is 1. The Morgan fingerprint density at radius 1 is 1.12 bits per heavy atom. The predicted molar refractivity (Wildman–Crippen MR) is 65.3 cm³/mol. The highest BCUT2D eigenvalue weighted by atomic mass is 35.5. The van der Waals surface area contributed by atoms with Gasteiger partial charge in [0.15, 0.2) is 0 Å². The number of anilines is 1. The molecule has 2 rings (SSSR count). The van der Waals surface area contributed by atoms with Gasteiger partial charge in [0.2, 0.25) is 0 Å². The zero-order chi connectivity index (χ0) is 11.9. The highest BCUT2D eigenvalue weighted by Gasteiger charge is 2.09. The summed E-state index contributed by atoms with van der Waals surface area (Å²) in [7, 11) is 0. The van der Waals surface area contributed by atoms with Crippen molar-refractivity contribution >= 4 is 45.6 Å². The van der Waals surface area contributed by atoms with Crippen LogP contribution in [0.1, 0.15) is 10.4 Å². The summed E-state index contributed by atoms with van der Waals surface area (Å²) >= 11 is 11.8. The summed E-state index contributed by atoms with van der Waals surface area (Å²) in [5.41, 5.74) is 6.19. The van der Waals surface area contributed by atoms with Gasteiger partial charge < -0.3 is 10.8 Å². The van der Waals surface area contributed by atoms with Crippen LogP contribution in [-0.2, 0) is 0 Å². The minimum atomic E-state index is -1.03. The molecule has 0 fully saturated rings. The molecule has 0 aliphatic rings. The van der Waals surface area contributed by atoms with E-state index in [1.165, 1.54) is 12.1 Å². The summed E-state index contributed by atoms with van der Waals surface area (Å²) < 4.78 is 0. The van der Waals surface area contributed by atoms with E-state index < -0.39 is 5.97 Å². The van der Waals surface area contributed by atoms with Gasteiger partial charge in [-0.05, 0) is 29.7 Å². The highest BCUT2D eigenvalue weighted by molar-refractivity contribution is 6.37. The van der Waals surface area contributed by atoms with Gasteiger partial charge in [-0.2, -0.15) is 0 Å². The van der Waals surface area contributed by atoms with Gasteiger partial charge in [0.25, 0.3) is 0 Å². The van der Waals surface area contributed by atoms with E-state index in [1.54, 1.807) is 12.1 Å². The summed E-state index contributed by atoms with van der Waals surface area (Å²) in [5, 5.41) is 10.9. The Hall–Kier alpha value is -1.45. The van der Waals surface area contributed by atoms with Crippen molar-refractivity contribution in [2.75, 3.05) is 5.73 Å². The van der Waals surface area contributed by atoms with Crippen molar-refractivity contribution in [3.63, 3.8) is 0 Å². The maximum atomic E-state index is 10.8. The lowest BCUT2D eigenvalue weighted by Gasteiger charge is -2.05. The van der Waals surface area contributed by atoms with Crippen molar-refractivity contribution in [1.82, 2.24) is 0 Å². The molecule has 0 saturated carbocycles. The summed E-state index contributed by atoms with van der Waals surface area (Å²) in [6.45, 7) is 0. The number of aromatic carboxylic acids is 1. The van der Waals surface area contributed by atoms with Gasteiger partial charge in [0, 0.05) is 10.4 Å². The van der Waals surface area contributed by atoms with Gasteiger partial charge in [-0.25, -0.2) is 4.79 Å². The van der Waals surface area contributed by atoms with E-state index in [2.05, 4.69) is 0 Å². The molecular formula is C11H7Cl2NO2. The predicted octanol–water partition coefficient (Wildman–Crippen LogP) is 3.43. The molecule has 2 aromatic rings. The molecule has 3 N–H and O–H groups in total. The molecule has 0 saturated heterocycles. The smallest absolute Gasteiger partial charge is 0.335 e. The average molecular weight is 256 g/mol. The molecule has 0 aromatic heterocycles. The highest BCUT2D eigenvalue weighted by Crippen LogP contribution is 2.31. The Morgan fingerprint density at radius 2 is 1.81 bits per heavy atom. The fraction of sp³-hybridized carbons (Fsp3) is 0. The second-order valence-electron chi connectivity index (χ2n) is 3.36. The van der Waals surface area contributed by atoms with Crippen molar-refractivity contribution in [2.24, 2.45) is 0 Å². The van der Waals surface area contributed by atoms with Crippen LogP contribution in [0.5, 0.6) is 0 Å². The number of carboxylic acids is 1. The fourth-order valence-corrected chi connectivity index (χ4v) is 1.93. The molecule has 0 unspecified atom stereocenters. The van der Waals surface area contributed by atoms with Crippen molar-refractivity contribution in [3.05, 3.63) is 39.9 Å². The van der Waals surface area contributed by atoms with Crippen molar-refractivity contribution < 1.29 is 9.90 Å². The summed E-state index contributed by atoms with van der Waals surface area (Å²) in [4.78, 5) is 10.8. The molecule has 0 radical (unpaired) electrons. The van der Waals surface area contributed by atoms with Crippen molar-refractivity contribution in [1.29, 1.82) is 0 Å². The molecule has 0 bridgehead atoms. The molecule has 0 atom stereocenters. The van der Waals surface area contributed by atoms with E-state index in [0.29, 0.717) is 26.5 Å². The van der Waals surface area contributed by atoms with E-state index in [-0.39, 0.29) is 5.56 Å². The van der Waals surface area contributed by atoms with Gasteiger partial charge >= 0.3 is 5.97 Å². The summed E-state index contributed by atoms with van der Waals surface area (Å²) in [6.07, 6.45) is 0. The largest absolute Gasteiger partial charge is 0.478 e. The van der Waals surface area contributed by atoms with Crippen LogP contribution in [-0.4, -0.2) is 11.1 Å². The lowest BCUT2D eigenvalue weighted by atomic mass is 10.1. The number of hydrogen-bond acceptors (Lipinski definition) is 2. The topological polar surface area (TPSA) is 63.3 Å². The van der Waals surface area contributed by atoms with E-state index >= 15 is 0 Å². The van der Waals surface area contributed by atoms with Crippen LogP contribution in [0.3, 0.4) is 0 Å². The molecule has 2 aromatic carbocycles. The Morgan fingerprint density at radius 3 is 2.44 bits per heavy atom. The maximum Gasteiger partial charge on any atom is 0.335 e. The summed E-state index contributed by atoms with van der Waals surface area (Å²) in [5.74, 6) is -1.03.